The quantitative estimate of drug-likeness (QED) is 0.945. The van der Waals surface area contributed by atoms with E-state index >= 15 is 0 Å². The van der Waals surface area contributed by atoms with Crippen LogP contribution < -0.4 is 0 Å². The zero-order valence-corrected chi connectivity index (χ0v) is 11.6. The van der Waals surface area contributed by atoms with Gasteiger partial charge in [0.25, 0.3) is 0 Å². The van der Waals surface area contributed by atoms with E-state index in [9.17, 15) is 14.3 Å². The van der Waals surface area contributed by atoms with Gasteiger partial charge < -0.3 is 5.11 Å². The number of carboxylic acid groups (broad SMARTS) is 1. The molecule has 20 heavy (non-hydrogen) atoms. The Labute approximate surface area is 120 Å². The molecule has 1 aromatic carbocycles. The van der Waals surface area contributed by atoms with Crippen molar-refractivity contribution in [1.82, 2.24) is 4.90 Å². The third kappa shape index (κ3) is 2.46. The Morgan fingerprint density at radius 3 is 3.05 bits per heavy atom. The van der Waals surface area contributed by atoms with Crippen LogP contribution in [0.3, 0.4) is 0 Å². The minimum absolute atomic E-state index is 0.289. The van der Waals surface area contributed by atoms with Gasteiger partial charge in [-0.2, -0.15) is 0 Å². The van der Waals surface area contributed by atoms with E-state index in [-0.39, 0.29) is 5.82 Å². The van der Waals surface area contributed by atoms with Crippen LogP contribution in [-0.2, 0) is 17.8 Å². The zero-order chi connectivity index (χ0) is 14.1. The molecule has 0 radical (unpaired) electrons. The summed E-state index contributed by atoms with van der Waals surface area (Å²) in [5.41, 5.74) is 1.68. The predicted octanol–water partition coefficient (Wildman–Crippen LogP) is 3.07. The molecule has 104 valence electrons. The lowest BCUT2D eigenvalue weighted by Gasteiger charge is -2.33. The van der Waals surface area contributed by atoms with Crippen molar-refractivity contribution in [3.05, 3.63) is 57.5 Å². The summed E-state index contributed by atoms with van der Waals surface area (Å²) in [4.78, 5) is 14.6. The molecule has 2 aromatic rings. The van der Waals surface area contributed by atoms with Crippen LogP contribution in [0.15, 0.2) is 35.7 Å². The number of hydrogen-bond acceptors (Lipinski definition) is 3. The topological polar surface area (TPSA) is 40.5 Å². The molecule has 0 fully saturated rings. The van der Waals surface area contributed by atoms with Gasteiger partial charge in [-0.3, -0.25) is 9.69 Å². The molecule has 0 aliphatic carbocycles. The average molecular weight is 291 g/mol. The number of aliphatic carboxylic acids is 1. The Kier molecular flexibility index (Phi) is 3.54. The maximum atomic E-state index is 13.2. The molecule has 1 aliphatic heterocycles. The SMILES string of the molecule is O=C(O)C1c2ccsc2CCN1Cc1cccc(F)c1. The monoisotopic (exact) mass is 291 g/mol. The van der Waals surface area contributed by atoms with Crippen molar-refractivity contribution in [2.24, 2.45) is 0 Å². The van der Waals surface area contributed by atoms with Crippen molar-refractivity contribution in [2.45, 2.75) is 19.0 Å². The molecule has 1 N–H and O–H groups in total. The second kappa shape index (κ2) is 5.34. The largest absolute Gasteiger partial charge is 0.480 e. The van der Waals surface area contributed by atoms with Gasteiger partial charge in [0.15, 0.2) is 0 Å². The van der Waals surface area contributed by atoms with E-state index in [1.165, 1.54) is 12.1 Å². The molecule has 1 aliphatic rings. The van der Waals surface area contributed by atoms with E-state index in [2.05, 4.69) is 0 Å². The van der Waals surface area contributed by atoms with Gasteiger partial charge in [-0.05, 0) is 41.1 Å². The Morgan fingerprint density at radius 1 is 1.45 bits per heavy atom. The first-order valence-electron chi connectivity index (χ1n) is 6.43. The molecule has 0 bridgehead atoms. The van der Waals surface area contributed by atoms with Gasteiger partial charge in [-0.25, -0.2) is 4.39 Å². The molecule has 3 nitrogen and oxygen atoms in total. The smallest absolute Gasteiger partial charge is 0.325 e. The first-order valence-corrected chi connectivity index (χ1v) is 7.30. The van der Waals surface area contributed by atoms with Crippen LogP contribution in [0.2, 0.25) is 0 Å². The Balaban J connectivity index is 1.88. The van der Waals surface area contributed by atoms with E-state index in [0.717, 1.165) is 22.4 Å². The summed E-state index contributed by atoms with van der Waals surface area (Å²) in [6, 6.07) is 7.59. The fraction of sp³-hybridized carbons (Fsp3) is 0.267. The normalized spacial score (nSPS) is 18.8. The van der Waals surface area contributed by atoms with E-state index in [1.807, 2.05) is 22.4 Å². The number of fused-ring (bicyclic) bond motifs is 1. The molecular formula is C15H14FNO2S. The number of thiophene rings is 1. The molecule has 0 amide bonds. The fourth-order valence-corrected chi connectivity index (χ4v) is 3.60. The number of carbonyl (C=O) groups is 1. The molecule has 1 unspecified atom stereocenters. The highest BCUT2D eigenvalue weighted by Gasteiger charge is 2.33. The highest BCUT2D eigenvalue weighted by atomic mass is 32.1. The maximum Gasteiger partial charge on any atom is 0.325 e. The standard InChI is InChI=1S/C15H14FNO2S/c16-11-3-1-2-10(8-11)9-17-6-4-13-12(5-7-20-13)14(17)15(18)19/h1-3,5,7-8,14H,4,6,9H2,(H,18,19). The lowest BCUT2D eigenvalue weighted by molar-refractivity contribution is -0.144. The number of rotatable bonds is 3. The van der Waals surface area contributed by atoms with Crippen molar-refractivity contribution in [3.8, 4) is 0 Å². The number of carboxylic acids is 1. The minimum Gasteiger partial charge on any atom is -0.480 e. The van der Waals surface area contributed by atoms with Crippen molar-refractivity contribution in [3.63, 3.8) is 0 Å². The third-order valence-electron chi connectivity index (χ3n) is 3.57. The molecule has 0 saturated carbocycles. The molecule has 5 heteroatoms. The van der Waals surface area contributed by atoms with Crippen molar-refractivity contribution in [2.75, 3.05) is 6.54 Å². The van der Waals surface area contributed by atoms with E-state index < -0.39 is 12.0 Å². The number of benzene rings is 1. The fourth-order valence-electron chi connectivity index (χ4n) is 2.70. The summed E-state index contributed by atoms with van der Waals surface area (Å²) in [7, 11) is 0. The van der Waals surface area contributed by atoms with Crippen LogP contribution >= 0.6 is 11.3 Å². The highest BCUT2D eigenvalue weighted by molar-refractivity contribution is 7.10. The molecule has 3 rings (SSSR count). The van der Waals surface area contributed by atoms with E-state index in [0.29, 0.717) is 13.1 Å². The first-order chi connectivity index (χ1) is 9.65. The van der Waals surface area contributed by atoms with Crippen molar-refractivity contribution < 1.29 is 14.3 Å². The molecule has 2 heterocycles. The van der Waals surface area contributed by atoms with Crippen LogP contribution in [0.1, 0.15) is 22.0 Å². The lowest BCUT2D eigenvalue weighted by atomic mass is 9.99. The Hall–Kier alpha value is -1.72. The summed E-state index contributed by atoms with van der Waals surface area (Å²) in [6.07, 6.45) is 0.853. The summed E-state index contributed by atoms with van der Waals surface area (Å²) in [5.74, 6) is -1.14. The molecule has 0 saturated heterocycles. The second-order valence-electron chi connectivity index (χ2n) is 4.89. The van der Waals surface area contributed by atoms with Crippen LogP contribution in [-0.4, -0.2) is 22.5 Å². The average Bonchev–Trinajstić information content (AvgIpc) is 2.86. The Bertz CT molecular complexity index is 640. The molecule has 1 atom stereocenters. The van der Waals surface area contributed by atoms with Gasteiger partial charge in [0, 0.05) is 18.0 Å². The van der Waals surface area contributed by atoms with Gasteiger partial charge in [-0.15, -0.1) is 11.3 Å². The first kappa shape index (κ1) is 13.3. The molecule has 1 aromatic heterocycles. The minimum atomic E-state index is -0.847. The van der Waals surface area contributed by atoms with E-state index in [4.69, 9.17) is 0 Å². The van der Waals surface area contributed by atoms with Gasteiger partial charge in [0.1, 0.15) is 11.9 Å². The number of hydrogen-bond donors (Lipinski definition) is 1. The van der Waals surface area contributed by atoms with Crippen LogP contribution in [0.5, 0.6) is 0 Å². The van der Waals surface area contributed by atoms with Crippen molar-refractivity contribution in [1.29, 1.82) is 0 Å². The van der Waals surface area contributed by atoms with Crippen LogP contribution in [0, 0.1) is 5.82 Å². The summed E-state index contributed by atoms with van der Waals surface area (Å²) in [6.45, 7) is 1.13. The summed E-state index contributed by atoms with van der Waals surface area (Å²) in [5, 5.41) is 11.4. The highest BCUT2D eigenvalue weighted by Crippen LogP contribution is 2.34. The number of nitrogens with zero attached hydrogens (tertiary/aromatic N) is 1. The lowest BCUT2D eigenvalue weighted by Crippen LogP contribution is -2.38. The maximum absolute atomic E-state index is 13.2. The number of halogens is 1. The molecular weight excluding hydrogens is 277 g/mol. The summed E-state index contributed by atoms with van der Waals surface area (Å²) >= 11 is 1.61. The van der Waals surface area contributed by atoms with Gasteiger partial charge >= 0.3 is 5.97 Å². The van der Waals surface area contributed by atoms with Gasteiger partial charge in [-0.1, -0.05) is 12.1 Å². The second-order valence-corrected chi connectivity index (χ2v) is 5.89. The third-order valence-corrected chi connectivity index (χ3v) is 4.57. The van der Waals surface area contributed by atoms with Crippen LogP contribution in [0.25, 0.3) is 0 Å². The van der Waals surface area contributed by atoms with Gasteiger partial charge in [0.2, 0.25) is 0 Å². The van der Waals surface area contributed by atoms with Crippen LogP contribution in [0.4, 0.5) is 4.39 Å². The predicted molar refractivity (Wildman–Crippen MR) is 75.2 cm³/mol. The zero-order valence-electron chi connectivity index (χ0n) is 10.8. The molecule has 0 spiro atoms. The Morgan fingerprint density at radius 2 is 2.30 bits per heavy atom. The van der Waals surface area contributed by atoms with Crippen molar-refractivity contribution >= 4 is 17.3 Å². The van der Waals surface area contributed by atoms with E-state index in [1.54, 1.807) is 17.4 Å². The summed E-state index contributed by atoms with van der Waals surface area (Å²) < 4.78 is 13.2. The van der Waals surface area contributed by atoms with Gasteiger partial charge in [0.05, 0.1) is 0 Å².